The van der Waals surface area contributed by atoms with Crippen LogP contribution in [0.1, 0.15) is 55.8 Å². The molecule has 0 saturated heterocycles. The molecule has 0 bridgehead atoms. The van der Waals surface area contributed by atoms with E-state index in [1.165, 1.54) is 11.3 Å². The maximum absolute atomic E-state index is 13.4. The van der Waals surface area contributed by atoms with Gasteiger partial charge in [0, 0.05) is 12.2 Å². The highest BCUT2D eigenvalue weighted by molar-refractivity contribution is 7.13. The number of imidazole rings is 1. The minimum Gasteiger partial charge on any atom is -0.481 e. The van der Waals surface area contributed by atoms with Crippen molar-refractivity contribution in [3.05, 3.63) is 41.4 Å². The van der Waals surface area contributed by atoms with Crippen molar-refractivity contribution in [2.45, 2.75) is 51.5 Å². The molecule has 0 aromatic carbocycles. The van der Waals surface area contributed by atoms with Crippen LogP contribution in [0.5, 0.6) is 0 Å². The molecule has 186 valence electrons. The van der Waals surface area contributed by atoms with Gasteiger partial charge in [-0.1, -0.05) is 25.3 Å². The minimum absolute atomic E-state index is 0.0429. The molecule has 1 aliphatic carbocycles. The number of rotatable bonds is 10. The molecule has 0 radical (unpaired) electrons. The van der Waals surface area contributed by atoms with Crippen LogP contribution in [0.4, 0.5) is 5.82 Å². The van der Waals surface area contributed by atoms with E-state index in [1.807, 2.05) is 17.5 Å². The summed E-state index contributed by atoms with van der Waals surface area (Å²) in [5, 5.41) is 17.5. The normalized spacial score (nSPS) is 15.0. The molecule has 1 fully saturated rings. The van der Waals surface area contributed by atoms with Crippen molar-refractivity contribution in [2.75, 3.05) is 18.5 Å². The molecule has 4 rings (SSSR count). The molecular formula is C25H30N4O5S. The molecule has 10 heteroatoms. The number of anilines is 1. The second-order valence-corrected chi connectivity index (χ2v) is 9.58. The van der Waals surface area contributed by atoms with Crippen LogP contribution < -0.4 is 10.6 Å². The summed E-state index contributed by atoms with van der Waals surface area (Å²) in [6, 6.07) is 6.82. The summed E-state index contributed by atoms with van der Waals surface area (Å²) < 4.78 is 6.78. The van der Waals surface area contributed by atoms with Crippen molar-refractivity contribution in [1.29, 1.82) is 0 Å². The Kier molecular flexibility index (Phi) is 8.02. The molecule has 35 heavy (non-hydrogen) atoms. The second kappa shape index (κ2) is 11.4. The zero-order chi connectivity index (χ0) is 24.8. The molecule has 3 aromatic rings. The summed E-state index contributed by atoms with van der Waals surface area (Å²) in [5.41, 5.74) is 1.40. The summed E-state index contributed by atoms with van der Waals surface area (Å²) in [4.78, 5) is 42.6. The van der Waals surface area contributed by atoms with Gasteiger partial charge >= 0.3 is 11.9 Å². The highest BCUT2D eigenvalue weighted by atomic mass is 32.1. The summed E-state index contributed by atoms with van der Waals surface area (Å²) >= 11 is 1.50. The monoisotopic (exact) mass is 498 g/mol. The van der Waals surface area contributed by atoms with Crippen LogP contribution in [0.25, 0.3) is 16.2 Å². The van der Waals surface area contributed by atoms with Crippen LogP contribution in [0.15, 0.2) is 35.8 Å². The van der Waals surface area contributed by atoms with E-state index >= 15 is 0 Å². The van der Waals surface area contributed by atoms with Gasteiger partial charge in [-0.2, -0.15) is 0 Å². The number of carbonyl (C=O) groups excluding carboxylic acids is 2. The molecule has 1 saturated carbocycles. The smallest absolute Gasteiger partial charge is 0.325 e. The van der Waals surface area contributed by atoms with Crippen LogP contribution in [0.3, 0.4) is 0 Å². The Hall–Kier alpha value is -3.40. The molecule has 0 aliphatic heterocycles. The Morgan fingerprint density at radius 3 is 2.71 bits per heavy atom. The summed E-state index contributed by atoms with van der Waals surface area (Å²) in [7, 11) is 0. The van der Waals surface area contributed by atoms with Gasteiger partial charge < -0.3 is 20.5 Å². The first-order chi connectivity index (χ1) is 17.0. The Balaban J connectivity index is 1.67. The third-order valence-electron chi connectivity index (χ3n) is 6.28. The standard InChI is InChI=1S/C25H30N4O5S/c1-2-34-21(32)15-26-24-22(19-11-7-13-35-19)28-23-17(10-6-12-29(23)24)25(33)27-18(14-20(30)31)16-8-4-3-5-9-16/h6-7,10-13,16,18,26H,2-5,8-9,14-15H2,1H3,(H,27,33)(H,30,31). The number of carbonyl (C=O) groups is 3. The van der Waals surface area contributed by atoms with E-state index in [1.54, 1.807) is 29.7 Å². The Morgan fingerprint density at radius 2 is 2.03 bits per heavy atom. The number of amides is 1. The van der Waals surface area contributed by atoms with Gasteiger partial charge in [-0.15, -0.1) is 11.3 Å². The third-order valence-corrected chi connectivity index (χ3v) is 7.16. The van der Waals surface area contributed by atoms with Gasteiger partial charge in [0.15, 0.2) is 5.65 Å². The maximum atomic E-state index is 13.4. The van der Waals surface area contributed by atoms with Crippen molar-refractivity contribution >= 4 is 40.6 Å². The number of ether oxygens (including phenoxy) is 1. The van der Waals surface area contributed by atoms with Gasteiger partial charge in [0.25, 0.3) is 5.91 Å². The number of fused-ring (bicyclic) bond motifs is 1. The first-order valence-corrected chi connectivity index (χ1v) is 12.8. The minimum atomic E-state index is -0.926. The van der Waals surface area contributed by atoms with Crippen molar-refractivity contribution < 1.29 is 24.2 Å². The predicted molar refractivity (Wildman–Crippen MR) is 134 cm³/mol. The van der Waals surface area contributed by atoms with Gasteiger partial charge in [-0.25, -0.2) is 4.98 Å². The number of hydrogen-bond acceptors (Lipinski definition) is 7. The highest BCUT2D eigenvalue weighted by Crippen LogP contribution is 2.33. The lowest BCUT2D eigenvalue weighted by Gasteiger charge is -2.30. The number of esters is 1. The topological polar surface area (TPSA) is 122 Å². The number of aromatic nitrogens is 2. The van der Waals surface area contributed by atoms with E-state index in [0.717, 1.165) is 37.0 Å². The number of hydrogen-bond donors (Lipinski definition) is 3. The summed E-state index contributed by atoms with van der Waals surface area (Å²) in [6.07, 6.45) is 6.73. The Bertz CT molecular complexity index is 1180. The number of nitrogens with zero attached hydrogens (tertiary/aromatic N) is 2. The van der Waals surface area contributed by atoms with E-state index in [9.17, 15) is 19.5 Å². The lowest BCUT2D eigenvalue weighted by molar-refractivity contribution is -0.141. The molecule has 3 aromatic heterocycles. The van der Waals surface area contributed by atoms with E-state index in [0.29, 0.717) is 22.7 Å². The second-order valence-electron chi connectivity index (χ2n) is 8.64. The zero-order valence-electron chi connectivity index (χ0n) is 19.7. The van der Waals surface area contributed by atoms with E-state index in [2.05, 4.69) is 10.6 Å². The van der Waals surface area contributed by atoms with Crippen LogP contribution >= 0.6 is 11.3 Å². The fraction of sp³-hybridized carbons (Fsp3) is 0.440. The first-order valence-electron chi connectivity index (χ1n) is 11.9. The van der Waals surface area contributed by atoms with E-state index in [4.69, 9.17) is 9.72 Å². The molecule has 1 unspecified atom stereocenters. The van der Waals surface area contributed by atoms with Crippen LogP contribution in [-0.2, 0) is 14.3 Å². The fourth-order valence-electron chi connectivity index (χ4n) is 4.67. The lowest BCUT2D eigenvalue weighted by Crippen LogP contribution is -2.42. The largest absolute Gasteiger partial charge is 0.481 e. The molecular weight excluding hydrogens is 468 g/mol. The number of carboxylic acids is 1. The zero-order valence-corrected chi connectivity index (χ0v) is 20.5. The number of nitrogens with one attached hydrogen (secondary N) is 2. The molecule has 3 N–H and O–H groups in total. The van der Waals surface area contributed by atoms with E-state index in [-0.39, 0.29) is 31.4 Å². The quantitative estimate of drug-likeness (QED) is 0.358. The third kappa shape index (κ3) is 5.82. The number of carboxylic acid groups (broad SMARTS) is 1. The molecule has 0 spiro atoms. The number of aliphatic carboxylic acids is 1. The van der Waals surface area contributed by atoms with Gasteiger partial charge in [0.05, 0.1) is 23.5 Å². The summed E-state index contributed by atoms with van der Waals surface area (Å²) in [6.45, 7) is 1.99. The molecule has 1 atom stereocenters. The highest BCUT2D eigenvalue weighted by Gasteiger charge is 2.29. The van der Waals surface area contributed by atoms with E-state index < -0.39 is 18.0 Å². The molecule has 1 amide bonds. The molecule has 3 heterocycles. The average Bonchev–Trinajstić information content (AvgIpc) is 3.50. The Morgan fingerprint density at radius 1 is 1.23 bits per heavy atom. The number of thiophene rings is 1. The molecule has 1 aliphatic rings. The molecule has 9 nitrogen and oxygen atoms in total. The van der Waals surface area contributed by atoms with Crippen LogP contribution in [-0.4, -0.2) is 51.5 Å². The maximum Gasteiger partial charge on any atom is 0.325 e. The van der Waals surface area contributed by atoms with Crippen LogP contribution in [0.2, 0.25) is 0 Å². The first kappa shape index (κ1) is 24.7. The average molecular weight is 499 g/mol. The van der Waals surface area contributed by atoms with Gasteiger partial charge in [0.1, 0.15) is 18.1 Å². The Labute approximate surface area is 207 Å². The van der Waals surface area contributed by atoms with Crippen molar-refractivity contribution in [2.24, 2.45) is 5.92 Å². The SMILES string of the molecule is CCOC(=O)CNc1c(-c2cccs2)nc2c(C(=O)NC(CC(=O)O)C3CCCCC3)cccn12. The van der Waals surface area contributed by atoms with Crippen molar-refractivity contribution in [3.8, 4) is 10.6 Å². The lowest BCUT2D eigenvalue weighted by atomic mass is 9.82. The van der Waals surface area contributed by atoms with Gasteiger partial charge in [-0.3, -0.25) is 18.8 Å². The van der Waals surface area contributed by atoms with Gasteiger partial charge in [0.2, 0.25) is 0 Å². The van der Waals surface area contributed by atoms with Crippen LogP contribution in [0, 0.1) is 5.92 Å². The van der Waals surface area contributed by atoms with Gasteiger partial charge in [-0.05, 0) is 49.3 Å². The predicted octanol–water partition coefficient (Wildman–Crippen LogP) is 4.19. The van der Waals surface area contributed by atoms with Crippen molar-refractivity contribution in [3.63, 3.8) is 0 Å². The summed E-state index contributed by atoms with van der Waals surface area (Å²) in [5.74, 6) is -0.943. The van der Waals surface area contributed by atoms with Crippen molar-refractivity contribution in [1.82, 2.24) is 14.7 Å². The fourth-order valence-corrected chi connectivity index (χ4v) is 5.39. The number of pyridine rings is 1.